The molecular formula is C16H9ClN2S. The van der Waals surface area contributed by atoms with E-state index in [-0.39, 0.29) is 5.57 Å². The molecule has 0 aliphatic heterocycles. The van der Waals surface area contributed by atoms with Crippen molar-refractivity contribution in [2.24, 2.45) is 0 Å². The first-order chi connectivity index (χ1) is 9.72. The Kier molecular flexibility index (Phi) is 4.85. The summed E-state index contributed by atoms with van der Waals surface area (Å²) in [7, 11) is 0. The summed E-state index contributed by atoms with van der Waals surface area (Å²) in [5, 5.41) is 18.4. The summed E-state index contributed by atoms with van der Waals surface area (Å²) >= 11 is 7.43. The van der Waals surface area contributed by atoms with Crippen molar-refractivity contribution in [3.05, 3.63) is 64.7 Å². The summed E-state index contributed by atoms with van der Waals surface area (Å²) in [4.78, 5) is 2.03. The fourth-order valence-corrected chi connectivity index (χ4v) is 2.61. The van der Waals surface area contributed by atoms with Crippen molar-refractivity contribution in [2.45, 2.75) is 9.79 Å². The van der Waals surface area contributed by atoms with Crippen LogP contribution in [-0.4, -0.2) is 0 Å². The second-order valence-corrected chi connectivity index (χ2v) is 5.43. The molecule has 0 radical (unpaired) electrons. The van der Waals surface area contributed by atoms with Crippen molar-refractivity contribution in [3.63, 3.8) is 0 Å². The van der Waals surface area contributed by atoms with E-state index in [0.29, 0.717) is 5.02 Å². The summed E-state index contributed by atoms with van der Waals surface area (Å²) in [5.41, 5.74) is 0.944. The fraction of sp³-hybridized carbons (Fsp3) is 0. The third-order valence-electron chi connectivity index (χ3n) is 2.50. The third-order valence-corrected chi connectivity index (χ3v) is 3.85. The summed E-state index contributed by atoms with van der Waals surface area (Å²) in [5.74, 6) is 0. The summed E-state index contributed by atoms with van der Waals surface area (Å²) in [6.45, 7) is 0. The molecule has 0 atom stereocenters. The number of hydrogen-bond acceptors (Lipinski definition) is 3. The number of nitriles is 2. The molecule has 0 aliphatic carbocycles. The van der Waals surface area contributed by atoms with Crippen LogP contribution in [0.25, 0.3) is 6.08 Å². The smallest absolute Gasteiger partial charge is 0.130 e. The lowest BCUT2D eigenvalue weighted by Gasteiger charge is -2.05. The van der Waals surface area contributed by atoms with Crippen LogP contribution in [-0.2, 0) is 0 Å². The highest BCUT2D eigenvalue weighted by Crippen LogP contribution is 2.32. The van der Waals surface area contributed by atoms with Crippen LogP contribution in [0.5, 0.6) is 0 Å². The lowest BCUT2D eigenvalue weighted by molar-refractivity contribution is 1.38. The van der Waals surface area contributed by atoms with Crippen LogP contribution in [0.3, 0.4) is 0 Å². The van der Waals surface area contributed by atoms with Crippen LogP contribution in [0.1, 0.15) is 5.56 Å². The molecule has 0 aliphatic rings. The standard InChI is InChI=1S/C16H9ClN2S/c17-14-5-7-15(8-6-14)20-16-4-2-1-3-13(16)9-12(10-18)11-19/h1-9H. The fourth-order valence-electron chi connectivity index (χ4n) is 1.57. The van der Waals surface area contributed by atoms with Gasteiger partial charge >= 0.3 is 0 Å². The van der Waals surface area contributed by atoms with E-state index in [1.807, 2.05) is 60.7 Å². The lowest BCUT2D eigenvalue weighted by Crippen LogP contribution is -1.81. The minimum absolute atomic E-state index is 0.0918. The molecule has 0 spiro atoms. The van der Waals surface area contributed by atoms with E-state index in [4.69, 9.17) is 22.1 Å². The highest BCUT2D eigenvalue weighted by atomic mass is 35.5. The van der Waals surface area contributed by atoms with Crippen molar-refractivity contribution < 1.29 is 0 Å². The van der Waals surface area contributed by atoms with Crippen molar-refractivity contribution in [1.29, 1.82) is 10.5 Å². The number of rotatable bonds is 3. The van der Waals surface area contributed by atoms with Gasteiger partial charge < -0.3 is 0 Å². The Labute approximate surface area is 126 Å². The number of halogens is 1. The first-order valence-corrected chi connectivity index (χ1v) is 6.96. The SMILES string of the molecule is N#CC(C#N)=Cc1ccccc1Sc1ccc(Cl)cc1. The molecule has 0 bridgehead atoms. The van der Waals surface area contributed by atoms with Crippen LogP contribution < -0.4 is 0 Å². The molecule has 96 valence electrons. The molecule has 0 unspecified atom stereocenters. The highest BCUT2D eigenvalue weighted by molar-refractivity contribution is 7.99. The van der Waals surface area contributed by atoms with Gasteiger partial charge in [0.25, 0.3) is 0 Å². The molecule has 0 amide bonds. The van der Waals surface area contributed by atoms with Gasteiger partial charge in [-0.2, -0.15) is 10.5 Å². The molecule has 0 saturated carbocycles. The van der Waals surface area contributed by atoms with Gasteiger partial charge in [-0.05, 0) is 42.0 Å². The maximum atomic E-state index is 8.84. The number of allylic oxidation sites excluding steroid dienone is 1. The van der Waals surface area contributed by atoms with Crippen LogP contribution >= 0.6 is 23.4 Å². The van der Waals surface area contributed by atoms with E-state index >= 15 is 0 Å². The van der Waals surface area contributed by atoms with Crippen LogP contribution in [0, 0.1) is 22.7 Å². The minimum atomic E-state index is 0.0918. The average molecular weight is 297 g/mol. The van der Waals surface area contributed by atoms with E-state index in [1.54, 1.807) is 17.8 Å². The minimum Gasteiger partial charge on any atom is -0.192 e. The van der Waals surface area contributed by atoms with Gasteiger partial charge in [0.05, 0.1) is 0 Å². The Bertz CT molecular complexity index is 705. The molecule has 4 heteroatoms. The van der Waals surface area contributed by atoms with Gasteiger partial charge in [-0.15, -0.1) is 0 Å². The Morgan fingerprint density at radius 2 is 1.65 bits per heavy atom. The summed E-state index contributed by atoms with van der Waals surface area (Å²) in [6.07, 6.45) is 1.60. The first-order valence-electron chi connectivity index (χ1n) is 5.77. The zero-order valence-corrected chi connectivity index (χ0v) is 11.9. The van der Waals surface area contributed by atoms with Crippen molar-refractivity contribution in [2.75, 3.05) is 0 Å². The van der Waals surface area contributed by atoms with Gasteiger partial charge in [-0.1, -0.05) is 41.6 Å². The van der Waals surface area contributed by atoms with E-state index in [1.165, 1.54) is 0 Å². The Balaban J connectivity index is 2.34. The zero-order valence-electron chi connectivity index (χ0n) is 10.4. The Morgan fingerprint density at radius 3 is 2.30 bits per heavy atom. The predicted molar refractivity (Wildman–Crippen MR) is 81.2 cm³/mol. The maximum Gasteiger partial charge on any atom is 0.130 e. The first kappa shape index (κ1) is 14.2. The third kappa shape index (κ3) is 3.65. The van der Waals surface area contributed by atoms with Crippen LogP contribution in [0.2, 0.25) is 5.02 Å². The van der Waals surface area contributed by atoms with E-state index in [0.717, 1.165) is 15.4 Å². The van der Waals surface area contributed by atoms with Crippen LogP contribution in [0.15, 0.2) is 63.9 Å². The molecule has 0 heterocycles. The largest absolute Gasteiger partial charge is 0.192 e. The van der Waals surface area contributed by atoms with Gasteiger partial charge in [0.15, 0.2) is 0 Å². The second-order valence-electron chi connectivity index (χ2n) is 3.88. The molecule has 2 aromatic rings. The zero-order chi connectivity index (χ0) is 14.4. The van der Waals surface area contributed by atoms with Gasteiger partial charge in [0.2, 0.25) is 0 Å². The average Bonchev–Trinajstić information content (AvgIpc) is 2.48. The molecule has 0 aromatic heterocycles. The van der Waals surface area contributed by atoms with Gasteiger partial charge in [0, 0.05) is 14.8 Å². The normalized spacial score (nSPS) is 9.35. The number of nitrogens with zero attached hydrogens (tertiary/aromatic N) is 2. The topological polar surface area (TPSA) is 47.6 Å². The summed E-state index contributed by atoms with van der Waals surface area (Å²) in [6, 6.07) is 18.9. The van der Waals surface area contributed by atoms with E-state index in [9.17, 15) is 0 Å². The number of benzene rings is 2. The summed E-state index contributed by atoms with van der Waals surface area (Å²) < 4.78 is 0. The monoisotopic (exact) mass is 296 g/mol. The Hall–Kier alpha value is -2.20. The van der Waals surface area contributed by atoms with Gasteiger partial charge in [-0.25, -0.2) is 0 Å². The van der Waals surface area contributed by atoms with E-state index in [2.05, 4.69) is 0 Å². The van der Waals surface area contributed by atoms with Crippen LogP contribution in [0.4, 0.5) is 0 Å². The molecule has 2 nitrogen and oxygen atoms in total. The molecule has 2 aromatic carbocycles. The Morgan fingerprint density at radius 1 is 1.00 bits per heavy atom. The highest BCUT2D eigenvalue weighted by Gasteiger charge is 2.04. The molecule has 2 rings (SSSR count). The molecular weight excluding hydrogens is 288 g/mol. The van der Waals surface area contributed by atoms with Crippen molar-refractivity contribution in [1.82, 2.24) is 0 Å². The predicted octanol–water partition coefficient (Wildman–Crippen LogP) is 4.92. The molecule has 0 saturated heterocycles. The lowest BCUT2D eigenvalue weighted by atomic mass is 10.1. The van der Waals surface area contributed by atoms with Gasteiger partial charge in [0.1, 0.15) is 17.7 Å². The molecule has 20 heavy (non-hydrogen) atoms. The van der Waals surface area contributed by atoms with E-state index < -0.39 is 0 Å². The molecule has 0 N–H and O–H groups in total. The van der Waals surface area contributed by atoms with Gasteiger partial charge in [-0.3, -0.25) is 0 Å². The quantitative estimate of drug-likeness (QED) is 0.755. The second kappa shape index (κ2) is 6.82. The molecule has 0 fully saturated rings. The maximum absolute atomic E-state index is 8.84. The van der Waals surface area contributed by atoms with Crippen molar-refractivity contribution in [3.8, 4) is 12.1 Å². The number of hydrogen-bond donors (Lipinski definition) is 0. The van der Waals surface area contributed by atoms with Crippen molar-refractivity contribution >= 4 is 29.4 Å².